The summed E-state index contributed by atoms with van der Waals surface area (Å²) in [6.45, 7) is 2.31. The maximum atomic E-state index is 13.1. The second-order valence-electron chi connectivity index (χ2n) is 7.44. The molecule has 0 N–H and O–H groups in total. The van der Waals surface area contributed by atoms with E-state index in [1.54, 1.807) is 48.4 Å². The summed E-state index contributed by atoms with van der Waals surface area (Å²) in [7, 11) is -0.733. The summed E-state index contributed by atoms with van der Waals surface area (Å²) in [4.78, 5) is 18.3. The molecule has 1 aliphatic rings. The van der Waals surface area contributed by atoms with E-state index in [0.29, 0.717) is 31.0 Å². The third-order valence-electron chi connectivity index (χ3n) is 5.43. The number of fused-ring (bicyclic) bond motifs is 1. The van der Waals surface area contributed by atoms with Crippen LogP contribution in [0.4, 0.5) is 5.69 Å². The molecule has 9 nitrogen and oxygen atoms in total. The van der Waals surface area contributed by atoms with Gasteiger partial charge in [-0.2, -0.15) is 9.29 Å². The van der Waals surface area contributed by atoms with Crippen LogP contribution < -0.4 is 9.64 Å². The van der Waals surface area contributed by atoms with Crippen molar-refractivity contribution in [3.8, 4) is 17.1 Å². The molecule has 0 unspecified atom stereocenters. The van der Waals surface area contributed by atoms with E-state index in [1.807, 2.05) is 6.92 Å². The smallest absolute Gasteiger partial charge is 0.243 e. The number of methoxy groups -OCH3 is 1. The molecule has 1 amide bonds. The molecule has 32 heavy (non-hydrogen) atoms. The second kappa shape index (κ2) is 8.71. The lowest BCUT2D eigenvalue weighted by Gasteiger charge is -2.18. The molecule has 1 aliphatic heterocycles. The Bertz CT molecular complexity index is 1240. The van der Waals surface area contributed by atoms with E-state index in [4.69, 9.17) is 9.26 Å². The molecule has 2 heterocycles. The molecule has 0 atom stereocenters. The number of carbonyl (C=O) groups excluding carboxylic acids is 1. The average Bonchev–Trinajstić information content (AvgIpc) is 3.45. The number of aromatic nitrogens is 2. The van der Waals surface area contributed by atoms with Crippen LogP contribution in [0, 0.1) is 0 Å². The van der Waals surface area contributed by atoms with Crippen LogP contribution in [0.2, 0.25) is 0 Å². The lowest BCUT2D eigenvalue weighted by molar-refractivity contribution is -0.118. The van der Waals surface area contributed by atoms with Gasteiger partial charge in [-0.15, -0.1) is 0 Å². The highest BCUT2D eigenvalue weighted by Gasteiger charge is 2.28. The van der Waals surface area contributed by atoms with Gasteiger partial charge in [0.05, 0.1) is 18.6 Å². The Kier molecular flexibility index (Phi) is 5.98. The number of carbonyl (C=O) groups is 1. The molecule has 3 aromatic rings. The van der Waals surface area contributed by atoms with E-state index in [9.17, 15) is 13.2 Å². The average molecular weight is 457 g/mol. The molecule has 4 rings (SSSR count). The maximum absolute atomic E-state index is 13.1. The summed E-state index contributed by atoms with van der Waals surface area (Å²) in [5.41, 5.74) is 2.36. The van der Waals surface area contributed by atoms with Crippen molar-refractivity contribution in [3.63, 3.8) is 0 Å². The summed E-state index contributed by atoms with van der Waals surface area (Å²) in [5.74, 6) is 1.29. The van der Waals surface area contributed by atoms with Crippen LogP contribution in [0.1, 0.15) is 24.8 Å². The van der Waals surface area contributed by atoms with Gasteiger partial charge in [-0.05, 0) is 54.4 Å². The first-order chi connectivity index (χ1) is 15.3. The summed E-state index contributed by atoms with van der Waals surface area (Å²) in [6, 6.07) is 12.0. The number of anilines is 1. The second-order valence-corrected chi connectivity index (χ2v) is 9.49. The fourth-order valence-corrected chi connectivity index (χ4v) is 4.79. The molecule has 0 saturated carbocycles. The first-order valence-electron chi connectivity index (χ1n) is 10.2. The normalized spacial score (nSPS) is 13.4. The van der Waals surface area contributed by atoms with E-state index in [0.717, 1.165) is 16.8 Å². The monoisotopic (exact) mass is 456 g/mol. The summed E-state index contributed by atoms with van der Waals surface area (Å²) in [6.07, 6.45) is 1.04. The number of sulfonamides is 1. The predicted molar refractivity (Wildman–Crippen MR) is 118 cm³/mol. The van der Waals surface area contributed by atoms with Gasteiger partial charge in [0.15, 0.2) is 0 Å². The van der Waals surface area contributed by atoms with Gasteiger partial charge in [0.1, 0.15) is 5.75 Å². The maximum Gasteiger partial charge on any atom is 0.243 e. The highest BCUT2D eigenvalue weighted by atomic mass is 32.2. The van der Waals surface area contributed by atoms with Gasteiger partial charge in [-0.1, -0.05) is 12.1 Å². The number of ether oxygens (including phenoxy) is 1. The molecular formula is C22H24N4O5S. The third kappa shape index (κ3) is 4.11. The molecule has 168 valence electrons. The van der Waals surface area contributed by atoms with Gasteiger partial charge in [0.25, 0.3) is 0 Å². The molecule has 0 aliphatic carbocycles. The minimum atomic E-state index is -3.78. The fourth-order valence-electron chi connectivity index (χ4n) is 3.62. The van der Waals surface area contributed by atoms with E-state index >= 15 is 0 Å². The zero-order valence-electron chi connectivity index (χ0n) is 18.1. The lowest BCUT2D eigenvalue weighted by Crippen LogP contribution is -2.28. The molecule has 10 heteroatoms. The molecule has 0 radical (unpaired) electrons. The Labute approximate surface area is 186 Å². The fraction of sp³-hybridized carbons (Fsp3) is 0.318. The van der Waals surface area contributed by atoms with E-state index in [1.165, 1.54) is 17.4 Å². The van der Waals surface area contributed by atoms with Crippen molar-refractivity contribution in [2.45, 2.75) is 31.2 Å². The zero-order chi connectivity index (χ0) is 22.9. The third-order valence-corrected chi connectivity index (χ3v) is 7.23. The van der Waals surface area contributed by atoms with E-state index in [-0.39, 0.29) is 23.2 Å². The minimum absolute atomic E-state index is 0.0283. The zero-order valence-corrected chi connectivity index (χ0v) is 18.9. The van der Waals surface area contributed by atoms with Crippen molar-refractivity contribution < 1.29 is 22.5 Å². The first kappa shape index (κ1) is 22.0. The van der Waals surface area contributed by atoms with Crippen molar-refractivity contribution in [2.24, 2.45) is 0 Å². The SMILES string of the molecule is CCC(=O)N1CCc2cc(S(=O)(=O)N(C)Cc3nc(-c4ccc(OC)cc4)no3)ccc21. The quantitative estimate of drug-likeness (QED) is 0.538. The van der Waals surface area contributed by atoms with E-state index < -0.39 is 10.0 Å². The topological polar surface area (TPSA) is 106 Å². The van der Waals surface area contributed by atoms with Crippen LogP contribution in [0.3, 0.4) is 0 Å². The van der Waals surface area contributed by atoms with Gasteiger partial charge in [0, 0.05) is 31.3 Å². The minimum Gasteiger partial charge on any atom is -0.497 e. The molecular weight excluding hydrogens is 432 g/mol. The van der Waals surface area contributed by atoms with Crippen molar-refractivity contribution in [2.75, 3.05) is 25.6 Å². The van der Waals surface area contributed by atoms with Crippen LogP contribution in [0.15, 0.2) is 51.9 Å². The van der Waals surface area contributed by atoms with Crippen molar-refractivity contribution in [1.82, 2.24) is 14.4 Å². The number of nitrogens with zero attached hydrogens (tertiary/aromatic N) is 4. The Morgan fingerprint density at radius 1 is 1.22 bits per heavy atom. The largest absolute Gasteiger partial charge is 0.497 e. The molecule has 2 aromatic carbocycles. The van der Waals surface area contributed by atoms with Crippen molar-refractivity contribution in [3.05, 3.63) is 53.9 Å². The summed E-state index contributed by atoms with van der Waals surface area (Å²) < 4.78 is 37.8. The number of amides is 1. The Balaban J connectivity index is 1.50. The predicted octanol–water partition coefficient (Wildman–Crippen LogP) is 2.87. The van der Waals surface area contributed by atoms with Gasteiger partial charge in [-0.3, -0.25) is 4.79 Å². The Hall–Kier alpha value is -3.24. The van der Waals surface area contributed by atoms with Gasteiger partial charge >= 0.3 is 0 Å². The van der Waals surface area contributed by atoms with Crippen LogP contribution in [-0.2, 0) is 27.8 Å². The number of hydrogen-bond acceptors (Lipinski definition) is 7. The van der Waals surface area contributed by atoms with Crippen LogP contribution in [0.5, 0.6) is 5.75 Å². The number of benzene rings is 2. The summed E-state index contributed by atoms with van der Waals surface area (Å²) in [5, 5.41) is 3.94. The molecule has 0 bridgehead atoms. The number of hydrogen-bond donors (Lipinski definition) is 0. The van der Waals surface area contributed by atoms with Crippen molar-refractivity contribution >= 4 is 21.6 Å². The van der Waals surface area contributed by atoms with Gasteiger partial charge in [0.2, 0.25) is 27.6 Å². The molecule has 1 aromatic heterocycles. The van der Waals surface area contributed by atoms with Crippen LogP contribution in [-0.4, -0.2) is 49.5 Å². The molecule has 0 spiro atoms. The Morgan fingerprint density at radius 3 is 2.66 bits per heavy atom. The van der Waals surface area contributed by atoms with Gasteiger partial charge in [-0.25, -0.2) is 8.42 Å². The standard InChI is InChI=1S/C22H24N4O5S/c1-4-21(27)26-12-11-16-13-18(9-10-19(16)26)32(28,29)25(2)14-20-23-22(24-31-20)15-5-7-17(30-3)8-6-15/h5-10,13H,4,11-12,14H2,1-3H3. The first-order valence-corrected chi connectivity index (χ1v) is 11.6. The lowest BCUT2D eigenvalue weighted by atomic mass is 10.2. The van der Waals surface area contributed by atoms with E-state index in [2.05, 4.69) is 10.1 Å². The van der Waals surface area contributed by atoms with Crippen LogP contribution in [0.25, 0.3) is 11.4 Å². The van der Waals surface area contributed by atoms with Crippen molar-refractivity contribution in [1.29, 1.82) is 0 Å². The van der Waals surface area contributed by atoms with Gasteiger partial charge < -0.3 is 14.2 Å². The molecule has 0 fully saturated rings. The number of rotatable bonds is 7. The Morgan fingerprint density at radius 2 is 1.97 bits per heavy atom. The summed E-state index contributed by atoms with van der Waals surface area (Å²) >= 11 is 0. The van der Waals surface area contributed by atoms with Crippen LogP contribution >= 0.6 is 0 Å². The molecule has 0 saturated heterocycles. The highest BCUT2D eigenvalue weighted by molar-refractivity contribution is 7.89. The highest BCUT2D eigenvalue weighted by Crippen LogP contribution is 2.31.